The van der Waals surface area contributed by atoms with Crippen molar-refractivity contribution in [2.24, 2.45) is 5.73 Å². The van der Waals surface area contributed by atoms with Crippen molar-refractivity contribution in [1.82, 2.24) is 0 Å². The van der Waals surface area contributed by atoms with Gasteiger partial charge in [-0.2, -0.15) is 5.26 Å². The summed E-state index contributed by atoms with van der Waals surface area (Å²) in [5.74, 6) is 0.614. The van der Waals surface area contributed by atoms with Gasteiger partial charge in [0.15, 0.2) is 11.5 Å². The molecule has 0 atom stereocenters. The minimum Gasteiger partial charge on any atom is -0.487 e. The molecule has 0 heterocycles. The van der Waals surface area contributed by atoms with E-state index in [0.29, 0.717) is 43.5 Å². The maximum absolute atomic E-state index is 9.13. The number of methoxy groups -OCH3 is 2. The van der Waals surface area contributed by atoms with Crippen LogP contribution in [0.25, 0.3) is 0 Å². The van der Waals surface area contributed by atoms with Gasteiger partial charge >= 0.3 is 0 Å². The molecular weight excluding hydrogens is 274 g/mol. The summed E-state index contributed by atoms with van der Waals surface area (Å²) in [5.41, 5.74) is 6.04. The Morgan fingerprint density at radius 2 is 1.62 bits per heavy atom. The molecule has 3 N–H and O–H groups in total. The Balaban J connectivity index is 3.05. The van der Waals surface area contributed by atoms with Gasteiger partial charge in [0.25, 0.3) is 0 Å². The van der Waals surface area contributed by atoms with Crippen molar-refractivity contribution in [3.05, 3.63) is 23.3 Å². The number of amidine groups is 1. The maximum atomic E-state index is 9.13. The molecule has 114 valence electrons. The molecule has 0 amide bonds. The summed E-state index contributed by atoms with van der Waals surface area (Å²) in [6, 6.07) is 5.02. The second-order valence-corrected chi connectivity index (χ2v) is 4.05. The molecule has 21 heavy (non-hydrogen) atoms. The van der Waals surface area contributed by atoms with E-state index < -0.39 is 0 Å². The Bertz CT molecular complexity index is 526. The van der Waals surface area contributed by atoms with E-state index in [4.69, 9.17) is 35.4 Å². The van der Waals surface area contributed by atoms with Crippen LogP contribution in [0, 0.1) is 16.7 Å². The first-order valence-electron chi connectivity index (χ1n) is 6.30. The van der Waals surface area contributed by atoms with E-state index >= 15 is 0 Å². The van der Waals surface area contributed by atoms with Gasteiger partial charge in [0, 0.05) is 25.8 Å². The number of hydrogen-bond donors (Lipinski definition) is 2. The minimum absolute atomic E-state index is 0.202. The highest BCUT2D eigenvalue weighted by molar-refractivity contribution is 5.98. The molecule has 0 bridgehead atoms. The highest BCUT2D eigenvalue weighted by Gasteiger charge is 2.14. The quantitative estimate of drug-likeness (QED) is 0.397. The average molecular weight is 293 g/mol. The van der Waals surface area contributed by atoms with Crippen LogP contribution in [-0.4, -0.2) is 46.5 Å². The van der Waals surface area contributed by atoms with Gasteiger partial charge in [-0.3, -0.25) is 5.41 Å². The zero-order chi connectivity index (χ0) is 15.7. The van der Waals surface area contributed by atoms with E-state index in [1.54, 1.807) is 14.2 Å². The molecule has 0 fully saturated rings. The largest absolute Gasteiger partial charge is 0.487 e. The van der Waals surface area contributed by atoms with Crippen molar-refractivity contribution >= 4 is 5.84 Å². The van der Waals surface area contributed by atoms with Crippen LogP contribution in [0.15, 0.2) is 12.1 Å². The van der Waals surface area contributed by atoms with Crippen LogP contribution in [0.1, 0.15) is 11.1 Å². The number of nitrogens with two attached hydrogens (primary N) is 1. The van der Waals surface area contributed by atoms with Crippen LogP contribution in [0.4, 0.5) is 0 Å². The van der Waals surface area contributed by atoms with Gasteiger partial charge in [0.1, 0.15) is 25.1 Å². The first-order chi connectivity index (χ1) is 10.1. The number of benzene rings is 1. The summed E-state index contributed by atoms with van der Waals surface area (Å²) >= 11 is 0. The Labute approximate surface area is 123 Å². The van der Waals surface area contributed by atoms with Crippen molar-refractivity contribution in [2.45, 2.75) is 0 Å². The lowest BCUT2D eigenvalue weighted by Gasteiger charge is -2.14. The van der Waals surface area contributed by atoms with Gasteiger partial charge < -0.3 is 24.7 Å². The molecule has 0 spiro atoms. The van der Waals surface area contributed by atoms with Crippen LogP contribution >= 0.6 is 0 Å². The lowest BCUT2D eigenvalue weighted by molar-refractivity contribution is 0.132. The lowest BCUT2D eigenvalue weighted by Crippen LogP contribution is -2.15. The maximum Gasteiger partial charge on any atom is 0.162 e. The monoisotopic (exact) mass is 293 g/mol. The molecule has 0 aliphatic carbocycles. The topological polar surface area (TPSA) is 111 Å². The Morgan fingerprint density at radius 3 is 2.05 bits per heavy atom. The fourth-order valence-electron chi connectivity index (χ4n) is 1.57. The summed E-state index contributed by atoms with van der Waals surface area (Å²) < 4.78 is 20.9. The molecular formula is C14H19N3O4. The highest BCUT2D eigenvalue weighted by Crippen LogP contribution is 2.31. The SMILES string of the molecule is COCCOc1cc(C#N)c(C(=N)N)cc1OCCOC. The minimum atomic E-state index is -0.202. The van der Waals surface area contributed by atoms with Crippen LogP contribution in [0.2, 0.25) is 0 Å². The molecule has 0 aromatic heterocycles. The summed E-state index contributed by atoms with van der Waals surface area (Å²) in [5, 5.41) is 16.6. The Kier molecular flexibility index (Phi) is 7.01. The number of hydrogen-bond acceptors (Lipinski definition) is 6. The zero-order valence-corrected chi connectivity index (χ0v) is 12.1. The number of nitrogens with one attached hydrogen (secondary N) is 1. The van der Waals surface area contributed by atoms with E-state index in [2.05, 4.69) is 0 Å². The fraction of sp³-hybridized carbons (Fsp3) is 0.429. The van der Waals surface area contributed by atoms with Gasteiger partial charge in [-0.15, -0.1) is 0 Å². The Morgan fingerprint density at radius 1 is 1.10 bits per heavy atom. The van der Waals surface area contributed by atoms with E-state index in [0.717, 1.165) is 0 Å². The number of ether oxygens (including phenoxy) is 4. The summed E-state index contributed by atoms with van der Waals surface area (Å²) in [6.45, 7) is 1.46. The molecule has 1 rings (SSSR count). The van der Waals surface area contributed by atoms with E-state index in [-0.39, 0.29) is 11.4 Å². The van der Waals surface area contributed by atoms with Crippen molar-refractivity contribution in [2.75, 3.05) is 40.6 Å². The summed E-state index contributed by atoms with van der Waals surface area (Å²) in [7, 11) is 3.14. The molecule has 1 aromatic rings. The first-order valence-corrected chi connectivity index (χ1v) is 6.30. The van der Waals surface area contributed by atoms with Gasteiger partial charge in [0.2, 0.25) is 0 Å². The van der Waals surface area contributed by atoms with E-state index in [1.165, 1.54) is 12.1 Å². The predicted octanol–water partition coefficient (Wildman–Crippen LogP) is 0.893. The second-order valence-electron chi connectivity index (χ2n) is 4.05. The lowest BCUT2D eigenvalue weighted by atomic mass is 10.1. The third kappa shape index (κ3) is 4.95. The van der Waals surface area contributed by atoms with E-state index in [1.807, 2.05) is 6.07 Å². The molecule has 0 radical (unpaired) electrons. The molecule has 7 heteroatoms. The van der Waals surface area contributed by atoms with E-state index in [9.17, 15) is 0 Å². The fourth-order valence-corrected chi connectivity index (χ4v) is 1.57. The van der Waals surface area contributed by atoms with Gasteiger partial charge in [-0.05, 0) is 6.07 Å². The average Bonchev–Trinajstić information content (AvgIpc) is 2.48. The number of nitriles is 1. The van der Waals surface area contributed by atoms with Gasteiger partial charge in [0.05, 0.1) is 18.8 Å². The third-order valence-corrected chi connectivity index (χ3v) is 2.58. The predicted molar refractivity (Wildman–Crippen MR) is 76.9 cm³/mol. The normalized spacial score (nSPS) is 9.95. The van der Waals surface area contributed by atoms with Crippen molar-refractivity contribution in [3.63, 3.8) is 0 Å². The van der Waals surface area contributed by atoms with Gasteiger partial charge in [-0.1, -0.05) is 0 Å². The smallest absolute Gasteiger partial charge is 0.162 e. The van der Waals surface area contributed by atoms with Crippen LogP contribution in [-0.2, 0) is 9.47 Å². The molecule has 0 aliphatic heterocycles. The number of nitrogens with zero attached hydrogens (tertiary/aromatic N) is 1. The standard InChI is InChI=1S/C14H19N3O4/c1-18-3-5-20-12-7-10(9-15)11(14(16)17)8-13(12)21-6-4-19-2/h7-8H,3-6H2,1-2H3,(H3,16,17). The zero-order valence-electron chi connectivity index (χ0n) is 12.1. The van der Waals surface area contributed by atoms with Crippen LogP contribution < -0.4 is 15.2 Å². The van der Waals surface area contributed by atoms with Crippen LogP contribution in [0.5, 0.6) is 11.5 Å². The van der Waals surface area contributed by atoms with Crippen molar-refractivity contribution in [1.29, 1.82) is 10.7 Å². The summed E-state index contributed by atoms with van der Waals surface area (Å²) in [6.07, 6.45) is 0. The third-order valence-electron chi connectivity index (χ3n) is 2.58. The summed E-state index contributed by atoms with van der Waals surface area (Å²) in [4.78, 5) is 0. The highest BCUT2D eigenvalue weighted by atomic mass is 16.5. The molecule has 0 saturated heterocycles. The number of rotatable bonds is 9. The molecule has 0 unspecified atom stereocenters. The molecule has 1 aromatic carbocycles. The van der Waals surface area contributed by atoms with Crippen molar-refractivity contribution < 1.29 is 18.9 Å². The second kappa shape index (κ2) is 8.79. The van der Waals surface area contributed by atoms with Crippen molar-refractivity contribution in [3.8, 4) is 17.6 Å². The number of nitrogen functional groups attached to an aromatic ring is 1. The molecule has 0 saturated carbocycles. The first kappa shape index (κ1) is 16.8. The van der Waals surface area contributed by atoms with Crippen LogP contribution in [0.3, 0.4) is 0 Å². The molecule has 0 aliphatic rings. The van der Waals surface area contributed by atoms with Gasteiger partial charge in [-0.25, -0.2) is 0 Å². The Hall–Kier alpha value is -2.30. The molecule has 7 nitrogen and oxygen atoms in total.